The minimum absolute atomic E-state index is 0.114. The predicted octanol–water partition coefficient (Wildman–Crippen LogP) is 22.2. The van der Waals surface area contributed by atoms with Crippen LogP contribution in [-0.4, -0.2) is 24.1 Å². The van der Waals surface area contributed by atoms with Gasteiger partial charge < -0.3 is 9.13 Å². The van der Waals surface area contributed by atoms with Gasteiger partial charge in [0.05, 0.1) is 58.2 Å². The lowest BCUT2D eigenvalue weighted by molar-refractivity contribution is 0.590. The first-order valence-electron chi connectivity index (χ1n) is 30.8. The van der Waals surface area contributed by atoms with Crippen LogP contribution in [0.15, 0.2) is 206 Å². The van der Waals surface area contributed by atoms with Crippen LogP contribution >= 0.6 is 0 Å². The zero-order valence-corrected chi connectivity index (χ0v) is 53.2. The standard InChI is InChI=1S/C82H70N8/c1-79(2,3)56-32-38-70-64(45-56)65-46-57(80(4,5)6)33-39-71(65)89(70)74-43-54(60-22-15-17-24-68(60)84-13)30-36-62(74)77-86-76(52-28-26-51(27-29-52)53-21-19-20-50(42-53)49-83)87-78(88-77)63-37-31-55(61-23-16-18-25-69(61)85-14)44-75(63)90-72-40-34-58(81(7,8)9)47-66(72)67-48-59(82(10,11)12)35-41-73(67)90/h15-48H,1-12H3. The van der Waals surface area contributed by atoms with Crippen molar-refractivity contribution in [3.05, 3.63) is 257 Å². The number of fused-ring (bicyclic) bond motifs is 6. The van der Waals surface area contributed by atoms with Crippen molar-refractivity contribution in [1.29, 1.82) is 5.26 Å². The topological polar surface area (TPSA) is 81.0 Å². The largest absolute Gasteiger partial charge is 0.308 e. The van der Waals surface area contributed by atoms with Crippen LogP contribution in [0.1, 0.15) is 111 Å². The Morgan fingerprint density at radius 2 is 0.689 bits per heavy atom. The maximum atomic E-state index is 9.86. The van der Waals surface area contributed by atoms with E-state index in [-0.39, 0.29) is 21.7 Å². The van der Waals surface area contributed by atoms with Crippen molar-refractivity contribution in [2.24, 2.45) is 0 Å². The van der Waals surface area contributed by atoms with Crippen LogP contribution in [0.4, 0.5) is 11.4 Å². The SMILES string of the molecule is [C-]#[N+]c1ccccc1-c1ccc(-c2nc(-c3ccc(-c4cccc(C#N)c4)cc3)nc(-c3ccc(-c4ccccc4[N+]#[C-])cc3-n3c4ccc(C(C)(C)C)cc4c4cc(C(C)(C)C)ccc43)n2)c(-n2c3ccc(C(C)(C)C)cc3c3cc(C(C)(C)C)ccc32)c1. The number of rotatable bonds is 8. The Hall–Kier alpha value is -10.7. The third kappa shape index (κ3) is 10.5. The molecule has 0 saturated heterocycles. The minimum atomic E-state index is -0.114. The molecule has 10 aromatic carbocycles. The number of hydrogen-bond donors (Lipinski definition) is 0. The molecule has 0 atom stereocenters. The van der Waals surface area contributed by atoms with Gasteiger partial charge in [-0.2, -0.15) is 5.26 Å². The first-order chi connectivity index (χ1) is 43.0. The number of aromatic nitrogens is 5. The van der Waals surface area contributed by atoms with E-state index in [1.807, 2.05) is 84.9 Å². The summed E-state index contributed by atoms with van der Waals surface area (Å²) >= 11 is 0. The summed E-state index contributed by atoms with van der Waals surface area (Å²) in [5.74, 6) is 1.37. The number of benzene rings is 10. The zero-order chi connectivity index (χ0) is 63.2. The highest BCUT2D eigenvalue weighted by molar-refractivity contribution is 6.12. The maximum Gasteiger partial charge on any atom is 0.194 e. The molecule has 0 saturated carbocycles. The van der Waals surface area contributed by atoms with Crippen LogP contribution in [0.2, 0.25) is 0 Å². The second kappa shape index (κ2) is 21.8. The van der Waals surface area contributed by atoms with Gasteiger partial charge >= 0.3 is 0 Å². The summed E-state index contributed by atoms with van der Waals surface area (Å²) in [5, 5.41) is 14.4. The molecular weight excluding hydrogens is 1100 g/mol. The average Bonchev–Trinajstić information content (AvgIpc) is 1.58. The van der Waals surface area contributed by atoms with Gasteiger partial charge in [0.2, 0.25) is 0 Å². The maximum absolute atomic E-state index is 9.86. The summed E-state index contributed by atoms with van der Waals surface area (Å²) < 4.78 is 4.72. The van der Waals surface area contributed by atoms with E-state index in [2.05, 4.69) is 229 Å². The molecule has 3 heterocycles. The smallest absolute Gasteiger partial charge is 0.194 e. The van der Waals surface area contributed by atoms with Crippen molar-refractivity contribution in [2.75, 3.05) is 0 Å². The molecule has 0 fully saturated rings. The van der Waals surface area contributed by atoms with E-state index in [1.165, 1.54) is 22.3 Å². The summed E-state index contributed by atoms with van der Waals surface area (Å²) in [6, 6.07) is 74.1. The quantitative estimate of drug-likeness (QED) is 0.142. The van der Waals surface area contributed by atoms with Gasteiger partial charge in [-0.05, 0) is 162 Å². The fraction of sp³-hybridized carbons (Fsp3) is 0.195. The van der Waals surface area contributed by atoms with Crippen LogP contribution < -0.4 is 0 Å². The van der Waals surface area contributed by atoms with Gasteiger partial charge in [0.25, 0.3) is 0 Å². The molecule has 3 aromatic heterocycles. The normalized spacial score (nSPS) is 12.2. The Morgan fingerprint density at radius 1 is 0.333 bits per heavy atom. The van der Waals surface area contributed by atoms with Crippen molar-refractivity contribution in [1.82, 2.24) is 24.1 Å². The Bertz CT molecular complexity index is 4780. The fourth-order valence-electron chi connectivity index (χ4n) is 12.5. The Balaban J connectivity index is 1.14. The molecule has 438 valence electrons. The lowest BCUT2D eigenvalue weighted by atomic mass is 9.85. The molecule has 13 rings (SSSR count). The van der Waals surface area contributed by atoms with E-state index in [0.717, 1.165) is 105 Å². The molecule has 0 radical (unpaired) electrons. The highest BCUT2D eigenvalue weighted by atomic mass is 15.1. The second-order valence-corrected chi connectivity index (χ2v) is 27.9. The molecule has 0 aliphatic heterocycles. The molecule has 0 aliphatic rings. The van der Waals surface area contributed by atoms with E-state index in [0.29, 0.717) is 34.4 Å². The molecule has 8 heteroatoms. The Morgan fingerprint density at radius 3 is 1.06 bits per heavy atom. The highest BCUT2D eigenvalue weighted by Gasteiger charge is 2.28. The van der Waals surface area contributed by atoms with Gasteiger partial charge in [-0.15, -0.1) is 0 Å². The summed E-state index contributed by atoms with van der Waals surface area (Å²) in [5.41, 5.74) is 19.6. The lowest BCUT2D eigenvalue weighted by Gasteiger charge is -2.20. The molecule has 0 N–H and O–H groups in total. The number of hydrogen-bond acceptors (Lipinski definition) is 4. The van der Waals surface area contributed by atoms with Crippen molar-refractivity contribution in [3.63, 3.8) is 0 Å². The first-order valence-corrected chi connectivity index (χ1v) is 30.8. The molecule has 13 aromatic rings. The second-order valence-electron chi connectivity index (χ2n) is 27.9. The number of para-hydroxylation sites is 2. The average molecular weight is 1170 g/mol. The van der Waals surface area contributed by atoms with Crippen molar-refractivity contribution in [2.45, 2.75) is 105 Å². The van der Waals surface area contributed by atoms with Gasteiger partial charge in [-0.25, -0.2) is 24.6 Å². The molecule has 0 amide bonds. The monoisotopic (exact) mass is 1170 g/mol. The van der Waals surface area contributed by atoms with Gasteiger partial charge in [0.1, 0.15) is 0 Å². The van der Waals surface area contributed by atoms with E-state index in [4.69, 9.17) is 28.1 Å². The molecular formula is C82H70N8. The molecule has 0 unspecified atom stereocenters. The Kier molecular flexibility index (Phi) is 14.2. The van der Waals surface area contributed by atoms with E-state index in [1.54, 1.807) is 0 Å². The van der Waals surface area contributed by atoms with Gasteiger partial charge in [0, 0.05) is 38.2 Å². The summed E-state index contributed by atoms with van der Waals surface area (Å²) in [4.78, 5) is 24.9. The molecule has 0 spiro atoms. The minimum Gasteiger partial charge on any atom is -0.308 e. The fourth-order valence-corrected chi connectivity index (χ4v) is 12.5. The molecule has 0 bridgehead atoms. The van der Waals surface area contributed by atoms with Crippen LogP contribution in [0.5, 0.6) is 0 Å². The van der Waals surface area contributed by atoms with Crippen molar-refractivity contribution in [3.8, 4) is 85.0 Å². The highest BCUT2D eigenvalue weighted by Crippen LogP contribution is 2.46. The molecule has 0 aliphatic carbocycles. The lowest BCUT2D eigenvalue weighted by Crippen LogP contribution is -2.10. The van der Waals surface area contributed by atoms with E-state index in [9.17, 15) is 5.26 Å². The van der Waals surface area contributed by atoms with Crippen LogP contribution in [0.3, 0.4) is 0 Å². The van der Waals surface area contributed by atoms with E-state index < -0.39 is 0 Å². The first kappa shape index (κ1) is 58.3. The van der Waals surface area contributed by atoms with Gasteiger partial charge in [0.15, 0.2) is 28.8 Å². The van der Waals surface area contributed by atoms with Crippen LogP contribution in [0.25, 0.3) is 132 Å². The van der Waals surface area contributed by atoms with E-state index >= 15 is 0 Å². The number of nitriles is 1. The van der Waals surface area contributed by atoms with Gasteiger partial charge in [-0.3, -0.25) is 0 Å². The summed E-state index contributed by atoms with van der Waals surface area (Å²) in [6.45, 7) is 43.8. The Labute approximate surface area is 528 Å². The molecule has 90 heavy (non-hydrogen) atoms. The summed E-state index contributed by atoms with van der Waals surface area (Å²) in [7, 11) is 0. The third-order valence-corrected chi connectivity index (χ3v) is 17.7. The van der Waals surface area contributed by atoms with Crippen molar-refractivity contribution >= 4 is 55.0 Å². The number of nitrogens with zero attached hydrogens (tertiary/aromatic N) is 8. The van der Waals surface area contributed by atoms with Crippen molar-refractivity contribution < 1.29 is 0 Å². The third-order valence-electron chi connectivity index (χ3n) is 17.7. The van der Waals surface area contributed by atoms with Crippen LogP contribution in [0, 0.1) is 24.5 Å². The summed E-state index contributed by atoms with van der Waals surface area (Å²) in [6.07, 6.45) is 0. The van der Waals surface area contributed by atoms with Gasteiger partial charge in [-0.1, -0.05) is 204 Å². The molecule has 8 nitrogen and oxygen atoms in total. The predicted molar refractivity (Wildman–Crippen MR) is 373 cm³/mol. The van der Waals surface area contributed by atoms with Crippen LogP contribution in [-0.2, 0) is 21.7 Å². The zero-order valence-electron chi connectivity index (χ0n) is 53.2.